The normalized spacial score (nSPS) is 14.7. The first-order valence-electron chi connectivity index (χ1n) is 7.13. The number of aromatic nitrogens is 3. The molecule has 1 aromatic heterocycles. The summed E-state index contributed by atoms with van der Waals surface area (Å²) in [6, 6.07) is 13.1. The number of benzene rings is 2. The van der Waals surface area contributed by atoms with Crippen LogP contribution in [0.1, 0.15) is 18.5 Å². The van der Waals surface area contributed by atoms with Gasteiger partial charge in [0.05, 0.1) is 17.6 Å². The third-order valence-corrected chi connectivity index (χ3v) is 4.48. The first kappa shape index (κ1) is 13.0. The predicted molar refractivity (Wildman–Crippen MR) is 86.4 cm³/mol. The minimum absolute atomic E-state index is 0.684. The van der Waals surface area contributed by atoms with Crippen molar-refractivity contribution >= 4 is 26.7 Å². The molecule has 5 heteroatoms. The summed E-state index contributed by atoms with van der Waals surface area (Å²) in [7, 11) is 0. The van der Waals surface area contributed by atoms with Gasteiger partial charge in [-0.05, 0) is 30.4 Å². The Hall–Kier alpha value is -1.72. The predicted octanol–water partition coefficient (Wildman–Crippen LogP) is 3.44. The number of hydrogen-bond donors (Lipinski definition) is 1. The van der Waals surface area contributed by atoms with Gasteiger partial charge in [0.25, 0.3) is 0 Å². The molecule has 0 atom stereocenters. The summed E-state index contributed by atoms with van der Waals surface area (Å²) in [5.74, 6) is 0. The third kappa shape index (κ3) is 2.59. The highest BCUT2D eigenvalue weighted by molar-refractivity contribution is 9.10. The molecule has 0 amide bonds. The summed E-state index contributed by atoms with van der Waals surface area (Å²) in [6.07, 6.45) is 4.57. The molecule has 4 rings (SSSR count). The zero-order chi connectivity index (χ0) is 14.2. The van der Waals surface area contributed by atoms with Gasteiger partial charge in [-0.3, -0.25) is 0 Å². The average molecular weight is 343 g/mol. The van der Waals surface area contributed by atoms with Crippen molar-refractivity contribution in [1.82, 2.24) is 20.3 Å². The Morgan fingerprint density at radius 3 is 2.76 bits per heavy atom. The molecule has 21 heavy (non-hydrogen) atoms. The van der Waals surface area contributed by atoms with Crippen LogP contribution in [-0.4, -0.2) is 21.0 Å². The fourth-order valence-electron chi connectivity index (χ4n) is 2.48. The SMILES string of the molecule is Brc1ccc(-n2cc(CNC3CC3)nn2)c2ccccc12. The van der Waals surface area contributed by atoms with Crippen molar-refractivity contribution in [1.29, 1.82) is 0 Å². The lowest BCUT2D eigenvalue weighted by atomic mass is 10.1. The highest BCUT2D eigenvalue weighted by Gasteiger charge is 2.20. The van der Waals surface area contributed by atoms with Crippen molar-refractivity contribution in [2.75, 3.05) is 0 Å². The van der Waals surface area contributed by atoms with Crippen molar-refractivity contribution in [3.8, 4) is 5.69 Å². The molecule has 1 fully saturated rings. The molecule has 1 saturated carbocycles. The number of fused-ring (bicyclic) bond motifs is 1. The molecule has 0 radical (unpaired) electrons. The van der Waals surface area contributed by atoms with Gasteiger partial charge in [0, 0.05) is 22.4 Å². The van der Waals surface area contributed by atoms with Gasteiger partial charge in [-0.1, -0.05) is 45.4 Å². The number of rotatable bonds is 4. The van der Waals surface area contributed by atoms with Crippen LogP contribution in [-0.2, 0) is 6.54 Å². The smallest absolute Gasteiger partial charge is 0.0969 e. The Kier molecular flexibility index (Phi) is 3.24. The number of hydrogen-bond acceptors (Lipinski definition) is 3. The fourth-order valence-corrected chi connectivity index (χ4v) is 2.96. The maximum atomic E-state index is 4.28. The lowest BCUT2D eigenvalue weighted by Gasteiger charge is -2.07. The first-order chi connectivity index (χ1) is 10.3. The third-order valence-electron chi connectivity index (χ3n) is 3.78. The van der Waals surface area contributed by atoms with E-state index in [1.807, 2.05) is 23.0 Å². The van der Waals surface area contributed by atoms with Gasteiger partial charge in [0.15, 0.2) is 0 Å². The van der Waals surface area contributed by atoms with Gasteiger partial charge in [-0.2, -0.15) is 0 Å². The van der Waals surface area contributed by atoms with Gasteiger partial charge in [0.2, 0.25) is 0 Å². The van der Waals surface area contributed by atoms with Gasteiger partial charge in [-0.15, -0.1) is 5.10 Å². The van der Waals surface area contributed by atoms with E-state index < -0.39 is 0 Å². The minimum atomic E-state index is 0.684. The Balaban J connectivity index is 1.70. The van der Waals surface area contributed by atoms with Crippen LogP contribution in [0.2, 0.25) is 0 Å². The minimum Gasteiger partial charge on any atom is -0.308 e. The monoisotopic (exact) mass is 342 g/mol. The Bertz CT molecular complexity index is 792. The van der Waals surface area contributed by atoms with E-state index in [1.54, 1.807) is 0 Å². The summed E-state index contributed by atoms with van der Waals surface area (Å²) in [5, 5.41) is 14.3. The molecule has 1 heterocycles. The molecular formula is C16H15BrN4. The molecule has 106 valence electrons. The lowest BCUT2D eigenvalue weighted by molar-refractivity contribution is 0.671. The van der Waals surface area contributed by atoms with Crippen LogP contribution in [0.3, 0.4) is 0 Å². The molecule has 0 unspecified atom stereocenters. The van der Waals surface area contributed by atoms with Gasteiger partial charge in [-0.25, -0.2) is 4.68 Å². The van der Waals surface area contributed by atoms with Gasteiger partial charge in [0.1, 0.15) is 0 Å². The summed E-state index contributed by atoms with van der Waals surface area (Å²) < 4.78 is 2.95. The molecule has 0 bridgehead atoms. The molecule has 3 aromatic rings. The molecule has 4 nitrogen and oxygen atoms in total. The number of nitrogens with zero attached hydrogens (tertiary/aromatic N) is 3. The van der Waals surface area contributed by atoms with E-state index in [-0.39, 0.29) is 0 Å². The first-order valence-corrected chi connectivity index (χ1v) is 7.93. The Labute approximate surface area is 131 Å². The van der Waals surface area contributed by atoms with E-state index in [9.17, 15) is 0 Å². The van der Waals surface area contributed by atoms with Crippen LogP contribution in [0.5, 0.6) is 0 Å². The van der Waals surface area contributed by atoms with Crippen molar-refractivity contribution in [2.24, 2.45) is 0 Å². The summed E-state index contributed by atoms with van der Waals surface area (Å²) in [4.78, 5) is 0. The zero-order valence-corrected chi connectivity index (χ0v) is 13.0. The largest absolute Gasteiger partial charge is 0.308 e. The van der Waals surface area contributed by atoms with Crippen LogP contribution < -0.4 is 5.32 Å². The van der Waals surface area contributed by atoms with Crippen molar-refractivity contribution < 1.29 is 0 Å². The topological polar surface area (TPSA) is 42.7 Å². The van der Waals surface area contributed by atoms with E-state index >= 15 is 0 Å². The zero-order valence-electron chi connectivity index (χ0n) is 11.5. The van der Waals surface area contributed by atoms with Crippen LogP contribution in [0.4, 0.5) is 0 Å². The van der Waals surface area contributed by atoms with Crippen LogP contribution in [0.25, 0.3) is 16.5 Å². The second-order valence-electron chi connectivity index (χ2n) is 5.42. The van der Waals surface area contributed by atoms with Crippen molar-refractivity contribution in [3.05, 3.63) is 52.8 Å². The van der Waals surface area contributed by atoms with Crippen molar-refractivity contribution in [2.45, 2.75) is 25.4 Å². The quantitative estimate of drug-likeness (QED) is 0.789. The molecule has 0 saturated heterocycles. The highest BCUT2D eigenvalue weighted by Crippen LogP contribution is 2.28. The average Bonchev–Trinajstić information content (AvgIpc) is 3.23. The number of halogens is 1. The lowest BCUT2D eigenvalue weighted by Crippen LogP contribution is -2.15. The maximum Gasteiger partial charge on any atom is 0.0969 e. The second-order valence-corrected chi connectivity index (χ2v) is 6.28. The maximum absolute atomic E-state index is 4.28. The Morgan fingerprint density at radius 2 is 1.95 bits per heavy atom. The standard InChI is InChI=1S/C16H15BrN4/c17-15-7-8-16(14-4-2-1-3-13(14)15)21-10-12(19-20-21)9-18-11-5-6-11/h1-4,7-8,10-11,18H,5-6,9H2. The fraction of sp³-hybridized carbons (Fsp3) is 0.250. The van der Waals surface area contributed by atoms with E-state index in [0.717, 1.165) is 22.4 Å². The molecule has 0 spiro atoms. The second kappa shape index (κ2) is 5.24. The molecule has 0 aliphatic heterocycles. The summed E-state index contributed by atoms with van der Waals surface area (Å²) in [5.41, 5.74) is 2.04. The van der Waals surface area contributed by atoms with Gasteiger partial charge >= 0.3 is 0 Å². The molecular weight excluding hydrogens is 328 g/mol. The van der Waals surface area contributed by atoms with E-state index in [2.05, 4.69) is 55.8 Å². The van der Waals surface area contributed by atoms with E-state index in [4.69, 9.17) is 0 Å². The Morgan fingerprint density at radius 1 is 1.14 bits per heavy atom. The van der Waals surface area contributed by atoms with Crippen LogP contribution in [0.15, 0.2) is 47.1 Å². The molecule has 2 aromatic carbocycles. The van der Waals surface area contributed by atoms with Crippen LogP contribution in [0, 0.1) is 0 Å². The highest BCUT2D eigenvalue weighted by atomic mass is 79.9. The van der Waals surface area contributed by atoms with E-state index in [0.29, 0.717) is 6.04 Å². The summed E-state index contributed by atoms with van der Waals surface area (Å²) >= 11 is 3.60. The van der Waals surface area contributed by atoms with Crippen molar-refractivity contribution in [3.63, 3.8) is 0 Å². The number of nitrogens with one attached hydrogen (secondary N) is 1. The van der Waals surface area contributed by atoms with Gasteiger partial charge < -0.3 is 5.32 Å². The van der Waals surface area contributed by atoms with E-state index in [1.165, 1.54) is 23.6 Å². The molecule has 1 aliphatic carbocycles. The van der Waals surface area contributed by atoms with Crippen LogP contribution >= 0.6 is 15.9 Å². The molecule has 1 N–H and O–H groups in total. The molecule has 1 aliphatic rings. The summed E-state index contributed by atoms with van der Waals surface area (Å²) in [6.45, 7) is 0.791.